The highest BCUT2D eigenvalue weighted by molar-refractivity contribution is 5.35. The third-order valence-corrected chi connectivity index (χ3v) is 3.93. The maximum Gasteiger partial charge on any atom is 0.226 e. The topological polar surface area (TPSA) is 82.3 Å². The number of fused-ring (bicyclic) bond motifs is 1. The van der Waals surface area contributed by atoms with Crippen molar-refractivity contribution in [1.82, 2.24) is 9.97 Å². The van der Waals surface area contributed by atoms with Crippen LogP contribution in [0.15, 0.2) is 6.07 Å². The summed E-state index contributed by atoms with van der Waals surface area (Å²) in [5, 5.41) is 3.30. The molecule has 3 rings (SSSR count). The summed E-state index contributed by atoms with van der Waals surface area (Å²) in [6, 6.07) is 2.04. The van der Waals surface area contributed by atoms with Gasteiger partial charge in [-0.25, -0.2) is 4.98 Å². The van der Waals surface area contributed by atoms with Crippen LogP contribution in [0.4, 0.5) is 5.95 Å². The standard InChI is InChI=1S/C14H22N4O2/c1-7(2)20-10-6-8(3)16-14(17-10)18-12-11(15)9-4-5-19-13(9)12/h6-7,9,11-13H,4-5,15H2,1-3H3,(H,16,17,18). The van der Waals surface area contributed by atoms with Crippen LogP contribution in [0.3, 0.4) is 0 Å². The van der Waals surface area contributed by atoms with E-state index in [1.165, 1.54) is 0 Å². The first-order valence-electron chi connectivity index (χ1n) is 7.20. The molecule has 20 heavy (non-hydrogen) atoms. The number of rotatable bonds is 4. The van der Waals surface area contributed by atoms with Gasteiger partial charge in [0.25, 0.3) is 0 Å². The summed E-state index contributed by atoms with van der Waals surface area (Å²) in [6.45, 7) is 6.68. The summed E-state index contributed by atoms with van der Waals surface area (Å²) < 4.78 is 11.3. The molecule has 0 bridgehead atoms. The molecule has 1 saturated carbocycles. The Morgan fingerprint density at radius 1 is 1.45 bits per heavy atom. The van der Waals surface area contributed by atoms with Crippen LogP contribution in [0.25, 0.3) is 0 Å². The largest absolute Gasteiger partial charge is 0.475 e. The lowest BCUT2D eigenvalue weighted by Gasteiger charge is -2.45. The third kappa shape index (κ3) is 2.45. The molecule has 2 heterocycles. The van der Waals surface area contributed by atoms with Gasteiger partial charge in [0.1, 0.15) is 0 Å². The molecule has 2 fully saturated rings. The highest BCUT2D eigenvalue weighted by atomic mass is 16.5. The molecular weight excluding hydrogens is 256 g/mol. The fourth-order valence-electron chi connectivity index (χ4n) is 2.98. The number of nitrogens with zero attached hydrogens (tertiary/aromatic N) is 2. The molecule has 1 aromatic rings. The molecule has 0 spiro atoms. The maximum atomic E-state index is 6.18. The van der Waals surface area contributed by atoms with E-state index in [1.54, 1.807) is 0 Å². The monoisotopic (exact) mass is 278 g/mol. The van der Waals surface area contributed by atoms with Gasteiger partial charge in [-0.1, -0.05) is 0 Å². The minimum Gasteiger partial charge on any atom is -0.475 e. The Morgan fingerprint density at radius 2 is 2.25 bits per heavy atom. The smallest absolute Gasteiger partial charge is 0.226 e. The number of hydrogen-bond acceptors (Lipinski definition) is 6. The Hall–Kier alpha value is -1.40. The van der Waals surface area contributed by atoms with Crippen LogP contribution in [0.1, 0.15) is 26.0 Å². The number of ether oxygens (including phenoxy) is 2. The third-order valence-electron chi connectivity index (χ3n) is 3.93. The van der Waals surface area contributed by atoms with Crippen molar-refractivity contribution in [3.63, 3.8) is 0 Å². The van der Waals surface area contributed by atoms with E-state index in [1.807, 2.05) is 26.8 Å². The number of nitrogens with two attached hydrogens (primary N) is 1. The van der Waals surface area contributed by atoms with Crippen LogP contribution in [0.2, 0.25) is 0 Å². The van der Waals surface area contributed by atoms with Crippen molar-refractivity contribution in [2.45, 2.75) is 51.5 Å². The van der Waals surface area contributed by atoms with Crippen LogP contribution < -0.4 is 15.8 Å². The Bertz CT molecular complexity index is 494. The van der Waals surface area contributed by atoms with Gasteiger partial charge in [-0.05, 0) is 27.2 Å². The predicted octanol–water partition coefficient (Wildman–Crippen LogP) is 1.10. The van der Waals surface area contributed by atoms with Crippen molar-refractivity contribution in [2.24, 2.45) is 11.7 Å². The van der Waals surface area contributed by atoms with E-state index in [-0.39, 0.29) is 24.3 Å². The molecule has 1 saturated heterocycles. The van der Waals surface area contributed by atoms with Crippen molar-refractivity contribution in [2.75, 3.05) is 11.9 Å². The molecule has 6 heteroatoms. The molecule has 0 amide bonds. The zero-order chi connectivity index (χ0) is 14.3. The molecule has 1 aliphatic heterocycles. The van der Waals surface area contributed by atoms with E-state index in [9.17, 15) is 0 Å². The fourth-order valence-corrected chi connectivity index (χ4v) is 2.98. The molecule has 110 valence electrons. The van der Waals surface area contributed by atoms with Gasteiger partial charge in [-0.3, -0.25) is 0 Å². The highest BCUT2D eigenvalue weighted by Crippen LogP contribution is 2.39. The normalized spacial score (nSPS) is 31.9. The van der Waals surface area contributed by atoms with Crippen molar-refractivity contribution < 1.29 is 9.47 Å². The van der Waals surface area contributed by atoms with E-state index >= 15 is 0 Å². The molecule has 4 atom stereocenters. The van der Waals surface area contributed by atoms with Gasteiger partial charge in [0, 0.05) is 30.3 Å². The first-order valence-corrected chi connectivity index (χ1v) is 7.20. The lowest BCUT2D eigenvalue weighted by Crippen LogP contribution is -2.65. The predicted molar refractivity (Wildman–Crippen MR) is 75.8 cm³/mol. The van der Waals surface area contributed by atoms with Crippen LogP contribution >= 0.6 is 0 Å². The summed E-state index contributed by atoms with van der Waals surface area (Å²) >= 11 is 0. The lowest BCUT2D eigenvalue weighted by atomic mass is 9.72. The SMILES string of the molecule is Cc1cc(OC(C)C)nc(NC2C(N)C3CCOC32)n1. The molecule has 0 radical (unpaired) electrons. The zero-order valence-corrected chi connectivity index (χ0v) is 12.2. The molecule has 0 aromatic carbocycles. The molecule has 4 unspecified atom stereocenters. The Morgan fingerprint density at radius 3 is 3.00 bits per heavy atom. The zero-order valence-electron chi connectivity index (χ0n) is 12.2. The van der Waals surface area contributed by atoms with Gasteiger partial charge in [0.05, 0.1) is 18.2 Å². The van der Waals surface area contributed by atoms with Crippen molar-refractivity contribution in [3.05, 3.63) is 11.8 Å². The summed E-state index contributed by atoms with van der Waals surface area (Å²) in [4.78, 5) is 8.79. The van der Waals surface area contributed by atoms with Crippen LogP contribution in [-0.4, -0.2) is 40.9 Å². The van der Waals surface area contributed by atoms with E-state index in [2.05, 4.69) is 15.3 Å². The van der Waals surface area contributed by atoms with Gasteiger partial charge in [0.15, 0.2) is 0 Å². The van der Waals surface area contributed by atoms with E-state index < -0.39 is 0 Å². The summed E-state index contributed by atoms with van der Waals surface area (Å²) in [5.74, 6) is 1.63. The Balaban J connectivity index is 1.72. The second-order valence-corrected chi connectivity index (χ2v) is 5.87. The Kier molecular flexibility index (Phi) is 3.52. The average molecular weight is 278 g/mol. The lowest BCUT2D eigenvalue weighted by molar-refractivity contribution is 0.00505. The van der Waals surface area contributed by atoms with Gasteiger partial charge in [-0.2, -0.15) is 4.98 Å². The maximum absolute atomic E-state index is 6.18. The van der Waals surface area contributed by atoms with Crippen molar-refractivity contribution >= 4 is 5.95 Å². The fraction of sp³-hybridized carbons (Fsp3) is 0.714. The van der Waals surface area contributed by atoms with E-state index in [4.69, 9.17) is 15.2 Å². The van der Waals surface area contributed by atoms with Crippen molar-refractivity contribution in [3.8, 4) is 5.88 Å². The molecule has 2 aliphatic rings. The summed E-state index contributed by atoms with van der Waals surface area (Å²) in [5.41, 5.74) is 7.05. The number of aromatic nitrogens is 2. The second-order valence-electron chi connectivity index (χ2n) is 5.87. The van der Waals surface area contributed by atoms with Crippen LogP contribution in [0, 0.1) is 12.8 Å². The van der Waals surface area contributed by atoms with Crippen LogP contribution in [0.5, 0.6) is 5.88 Å². The van der Waals surface area contributed by atoms with Gasteiger partial charge in [0.2, 0.25) is 11.8 Å². The average Bonchev–Trinajstić information content (AvgIpc) is 2.79. The second kappa shape index (κ2) is 5.18. The molecule has 1 aliphatic carbocycles. The highest BCUT2D eigenvalue weighted by Gasteiger charge is 2.52. The summed E-state index contributed by atoms with van der Waals surface area (Å²) in [7, 11) is 0. The van der Waals surface area contributed by atoms with Gasteiger partial charge < -0.3 is 20.5 Å². The Labute approximate surface area is 119 Å². The number of aryl methyl sites for hydroxylation is 1. The number of nitrogens with one attached hydrogen (secondary N) is 1. The van der Waals surface area contributed by atoms with Gasteiger partial charge in [-0.15, -0.1) is 0 Å². The number of hydrogen-bond donors (Lipinski definition) is 2. The quantitative estimate of drug-likeness (QED) is 0.858. The van der Waals surface area contributed by atoms with Crippen LogP contribution in [-0.2, 0) is 4.74 Å². The molecular formula is C14H22N4O2. The van der Waals surface area contributed by atoms with E-state index in [0.29, 0.717) is 17.7 Å². The minimum absolute atomic E-state index is 0.0886. The molecule has 1 aromatic heterocycles. The first-order chi connectivity index (χ1) is 9.54. The molecule has 3 N–H and O–H groups in total. The first kappa shape index (κ1) is 13.6. The number of anilines is 1. The van der Waals surface area contributed by atoms with Crippen molar-refractivity contribution in [1.29, 1.82) is 0 Å². The molecule has 6 nitrogen and oxygen atoms in total. The van der Waals surface area contributed by atoms with Gasteiger partial charge >= 0.3 is 0 Å². The summed E-state index contributed by atoms with van der Waals surface area (Å²) in [6.07, 6.45) is 1.34. The minimum atomic E-state index is 0.0886. The van der Waals surface area contributed by atoms with E-state index in [0.717, 1.165) is 18.7 Å².